The summed E-state index contributed by atoms with van der Waals surface area (Å²) in [6.07, 6.45) is 45.8. The number of hydrogen-bond acceptors (Lipinski definition) is 7. The van der Waals surface area contributed by atoms with Gasteiger partial charge in [-0.2, -0.15) is 0 Å². The third kappa shape index (κ3) is 43.4. The van der Waals surface area contributed by atoms with E-state index in [0.29, 0.717) is 17.4 Å². The number of carbonyl (C=O) groups is 2. The fourth-order valence-electron chi connectivity index (χ4n) is 6.00. The highest BCUT2D eigenvalue weighted by molar-refractivity contribution is 7.47. The van der Waals surface area contributed by atoms with Gasteiger partial charge >= 0.3 is 19.8 Å². The molecule has 0 bridgehead atoms. The number of phosphoric acid groups is 1. The van der Waals surface area contributed by atoms with Crippen LogP contribution in [0.2, 0.25) is 0 Å². The Labute approximate surface area is 350 Å². The van der Waals surface area contributed by atoms with Crippen LogP contribution in [0.4, 0.5) is 0 Å². The molecule has 1 unspecified atom stereocenters. The predicted octanol–water partition coefficient (Wildman–Crippen LogP) is 13.1. The molecule has 0 spiro atoms. The molecule has 10 heteroatoms. The molecule has 0 saturated carbocycles. The lowest BCUT2D eigenvalue weighted by Gasteiger charge is -2.24. The summed E-state index contributed by atoms with van der Waals surface area (Å²) in [7, 11) is 1.45. The normalized spacial score (nSPS) is 14.0. The van der Waals surface area contributed by atoms with Crippen LogP contribution < -0.4 is 0 Å². The highest BCUT2D eigenvalue weighted by Crippen LogP contribution is 2.43. The van der Waals surface area contributed by atoms with Gasteiger partial charge in [-0.1, -0.05) is 172 Å². The van der Waals surface area contributed by atoms with Crippen LogP contribution in [0, 0.1) is 0 Å². The zero-order valence-corrected chi connectivity index (χ0v) is 38.2. The molecule has 0 aliphatic carbocycles. The first-order chi connectivity index (χ1) is 27.5. The monoisotopic (exact) mass is 825 g/mol. The number of rotatable bonds is 41. The predicted molar refractivity (Wildman–Crippen MR) is 238 cm³/mol. The summed E-state index contributed by atoms with van der Waals surface area (Å²) in [5, 5.41) is 0. The first-order valence-electron chi connectivity index (χ1n) is 22.9. The number of carbonyl (C=O) groups excluding carboxylic acids is 2. The van der Waals surface area contributed by atoms with Gasteiger partial charge in [0.15, 0.2) is 6.10 Å². The van der Waals surface area contributed by atoms with E-state index in [9.17, 15) is 19.0 Å². The molecular formula is C47H87NO8P+. The van der Waals surface area contributed by atoms with E-state index in [0.717, 1.165) is 64.2 Å². The first-order valence-corrected chi connectivity index (χ1v) is 24.4. The number of likely N-dealkylation sites (N-methyl/N-ethyl adjacent to an activating group) is 1. The molecule has 0 aliphatic heterocycles. The number of nitrogens with zero attached hydrogens (tertiary/aromatic N) is 1. The van der Waals surface area contributed by atoms with Crippen molar-refractivity contribution in [3.63, 3.8) is 0 Å². The van der Waals surface area contributed by atoms with Crippen LogP contribution in [-0.2, 0) is 32.7 Å². The van der Waals surface area contributed by atoms with Crippen molar-refractivity contribution < 1.29 is 42.1 Å². The Balaban J connectivity index is 4.39. The number of allylic oxidation sites excluding steroid dienone is 8. The summed E-state index contributed by atoms with van der Waals surface area (Å²) in [6.45, 7) is 4.32. The third-order valence-corrected chi connectivity index (χ3v) is 10.6. The van der Waals surface area contributed by atoms with Crippen LogP contribution in [0.5, 0.6) is 0 Å². The van der Waals surface area contributed by atoms with Crippen LogP contribution in [0.3, 0.4) is 0 Å². The van der Waals surface area contributed by atoms with Crippen molar-refractivity contribution in [3.05, 3.63) is 48.6 Å². The molecule has 0 aromatic heterocycles. The molecule has 57 heavy (non-hydrogen) atoms. The topological polar surface area (TPSA) is 108 Å². The van der Waals surface area contributed by atoms with Crippen molar-refractivity contribution in [3.8, 4) is 0 Å². The summed E-state index contributed by atoms with van der Waals surface area (Å²) in [5.74, 6) is -0.832. The lowest BCUT2D eigenvalue weighted by Crippen LogP contribution is -2.37. The number of esters is 2. The van der Waals surface area contributed by atoms with Crippen molar-refractivity contribution in [2.75, 3.05) is 47.5 Å². The molecule has 1 N–H and O–H groups in total. The molecule has 0 aliphatic rings. The number of ether oxygens (including phenoxy) is 2. The molecule has 0 amide bonds. The van der Waals surface area contributed by atoms with Gasteiger partial charge in [-0.05, 0) is 51.4 Å². The minimum absolute atomic E-state index is 0.0248. The first kappa shape index (κ1) is 55.0. The molecule has 2 atom stereocenters. The molecule has 9 nitrogen and oxygen atoms in total. The van der Waals surface area contributed by atoms with Crippen LogP contribution in [0.1, 0.15) is 187 Å². The molecule has 332 valence electrons. The molecule has 0 rings (SSSR count). The van der Waals surface area contributed by atoms with Crippen molar-refractivity contribution >= 4 is 19.8 Å². The summed E-state index contributed by atoms with van der Waals surface area (Å²) in [4.78, 5) is 35.4. The van der Waals surface area contributed by atoms with Crippen molar-refractivity contribution in [2.24, 2.45) is 0 Å². The smallest absolute Gasteiger partial charge is 0.462 e. The average Bonchev–Trinajstić information content (AvgIpc) is 3.16. The Bertz CT molecular complexity index is 1110. The van der Waals surface area contributed by atoms with Gasteiger partial charge in [0.2, 0.25) is 0 Å². The van der Waals surface area contributed by atoms with Crippen molar-refractivity contribution in [1.29, 1.82) is 0 Å². The lowest BCUT2D eigenvalue weighted by atomic mass is 10.0. The maximum absolute atomic E-state index is 12.7. The highest BCUT2D eigenvalue weighted by Gasteiger charge is 2.27. The van der Waals surface area contributed by atoms with Gasteiger partial charge in [-0.25, -0.2) is 4.57 Å². The lowest BCUT2D eigenvalue weighted by molar-refractivity contribution is -0.870. The highest BCUT2D eigenvalue weighted by atomic mass is 31.2. The van der Waals surface area contributed by atoms with E-state index >= 15 is 0 Å². The Hall–Kier alpha value is -2.03. The van der Waals surface area contributed by atoms with E-state index < -0.39 is 26.5 Å². The molecule has 0 fully saturated rings. The Morgan fingerprint density at radius 2 is 0.982 bits per heavy atom. The number of hydrogen-bond donors (Lipinski definition) is 1. The SMILES string of the molecule is CCC/C=C/C/C=C/C/C=C/C/C=C/CCCCCC(=O)O[C@H](COC(=O)CCCCCCCCCCCCCCCCCC)COP(=O)(O)OCC[N+](C)(C)C. The average molecular weight is 825 g/mol. The third-order valence-electron chi connectivity index (χ3n) is 9.59. The zero-order valence-electron chi connectivity index (χ0n) is 37.3. The molecular weight excluding hydrogens is 737 g/mol. The second kappa shape index (κ2) is 39.4. The Morgan fingerprint density at radius 1 is 0.544 bits per heavy atom. The molecule has 0 aromatic carbocycles. The standard InChI is InChI=1S/C47H86NO8P/c1-6-8-10-12-14-16-18-20-22-24-26-28-30-32-34-36-38-40-47(50)56-45(44-55-57(51,52)54-42-41-48(3,4)5)43-53-46(49)39-37-35-33-31-29-27-25-23-21-19-17-15-13-11-9-7-2/h10,12,16,18,22,24,28,30,45H,6-9,11,13-15,17,19-21,23,25-27,29,31-44H2,1-5H3/p+1/b12-10+,18-16+,24-22+,30-28+/t45-/m1/s1. The fraction of sp³-hybridized carbons (Fsp3) is 0.787. The second-order valence-electron chi connectivity index (χ2n) is 16.4. The largest absolute Gasteiger partial charge is 0.472 e. The Morgan fingerprint density at radius 3 is 1.47 bits per heavy atom. The number of unbranched alkanes of at least 4 members (excludes halogenated alkanes) is 19. The van der Waals surface area contributed by atoms with Gasteiger partial charge in [-0.15, -0.1) is 0 Å². The van der Waals surface area contributed by atoms with Gasteiger partial charge in [0.25, 0.3) is 0 Å². The summed E-state index contributed by atoms with van der Waals surface area (Å²) in [5.41, 5.74) is 0. The Kier molecular flexibility index (Phi) is 38.0. The molecule has 0 radical (unpaired) electrons. The van der Waals surface area contributed by atoms with Crippen LogP contribution >= 0.6 is 7.82 Å². The quantitative estimate of drug-likeness (QED) is 0.0213. The van der Waals surface area contributed by atoms with Crippen LogP contribution in [-0.4, -0.2) is 74.9 Å². The molecule has 0 heterocycles. The van der Waals surface area contributed by atoms with Crippen LogP contribution in [0.25, 0.3) is 0 Å². The second-order valence-corrected chi connectivity index (χ2v) is 17.9. The summed E-state index contributed by atoms with van der Waals surface area (Å²) < 4.78 is 34.3. The van der Waals surface area contributed by atoms with Crippen molar-refractivity contribution in [2.45, 2.75) is 193 Å². The van der Waals surface area contributed by atoms with E-state index in [-0.39, 0.29) is 32.0 Å². The van der Waals surface area contributed by atoms with E-state index in [1.165, 1.54) is 89.9 Å². The number of phosphoric ester groups is 1. The summed E-state index contributed by atoms with van der Waals surface area (Å²) in [6, 6.07) is 0. The maximum atomic E-state index is 12.7. The van der Waals surface area contributed by atoms with Crippen LogP contribution in [0.15, 0.2) is 48.6 Å². The van der Waals surface area contributed by atoms with Crippen molar-refractivity contribution in [1.82, 2.24) is 0 Å². The van der Waals surface area contributed by atoms with E-state index in [4.69, 9.17) is 18.5 Å². The molecule has 0 saturated heterocycles. The minimum atomic E-state index is -4.38. The van der Waals surface area contributed by atoms with E-state index in [2.05, 4.69) is 62.5 Å². The summed E-state index contributed by atoms with van der Waals surface area (Å²) >= 11 is 0. The van der Waals surface area contributed by atoms with Gasteiger partial charge in [0, 0.05) is 12.8 Å². The van der Waals surface area contributed by atoms with Gasteiger partial charge in [0.1, 0.15) is 19.8 Å². The van der Waals surface area contributed by atoms with Gasteiger partial charge in [0.05, 0.1) is 27.7 Å². The maximum Gasteiger partial charge on any atom is 0.472 e. The minimum Gasteiger partial charge on any atom is -0.462 e. The van der Waals surface area contributed by atoms with E-state index in [1.807, 2.05) is 21.1 Å². The van der Waals surface area contributed by atoms with Gasteiger partial charge < -0.3 is 18.9 Å². The zero-order chi connectivity index (χ0) is 42.1. The number of quaternary nitrogens is 1. The fourth-order valence-corrected chi connectivity index (χ4v) is 6.75. The molecule has 0 aromatic rings. The van der Waals surface area contributed by atoms with E-state index in [1.54, 1.807) is 0 Å². The van der Waals surface area contributed by atoms with Gasteiger partial charge in [-0.3, -0.25) is 18.6 Å².